The van der Waals surface area contributed by atoms with Crippen LogP contribution in [0.1, 0.15) is 24.5 Å². The van der Waals surface area contributed by atoms with Crippen molar-refractivity contribution < 1.29 is 14.7 Å². The first-order valence-corrected chi connectivity index (χ1v) is 8.42. The lowest BCUT2D eigenvalue weighted by Gasteiger charge is -2.38. The van der Waals surface area contributed by atoms with Crippen LogP contribution in [0.3, 0.4) is 0 Å². The Kier molecular flexibility index (Phi) is 3.42. The molecule has 0 aliphatic carbocycles. The number of hydrogen-bond acceptors (Lipinski definition) is 3. The summed E-state index contributed by atoms with van der Waals surface area (Å²) >= 11 is 6.23. The number of halogens is 1. The summed E-state index contributed by atoms with van der Waals surface area (Å²) in [6.07, 6.45) is 0.144. The van der Waals surface area contributed by atoms with Gasteiger partial charge in [-0.25, -0.2) is 0 Å². The molecule has 5 nitrogen and oxygen atoms in total. The molecule has 0 spiro atoms. The molecule has 2 amide bonds. The molecule has 128 valence electrons. The molecule has 2 aliphatic rings. The molecule has 0 bridgehead atoms. The smallest absolute Gasteiger partial charge is 0.255 e. The van der Waals surface area contributed by atoms with Gasteiger partial charge in [0.15, 0.2) is 0 Å². The molecule has 4 rings (SSSR count). The molecule has 2 aromatic rings. The molecule has 2 aliphatic heterocycles. The maximum atomic E-state index is 12.9. The fourth-order valence-electron chi connectivity index (χ4n) is 4.01. The molecular weight excluding hydrogens is 340 g/mol. The first-order valence-electron chi connectivity index (χ1n) is 8.04. The van der Waals surface area contributed by atoms with Crippen LogP contribution in [0.15, 0.2) is 48.5 Å². The van der Waals surface area contributed by atoms with Gasteiger partial charge in [-0.05, 0) is 30.7 Å². The zero-order valence-electron chi connectivity index (χ0n) is 13.6. The van der Waals surface area contributed by atoms with E-state index < -0.39 is 17.0 Å². The molecule has 1 fully saturated rings. The molecule has 2 aromatic carbocycles. The Bertz CT molecular complexity index is 881. The predicted octanol–water partition coefficient (Wildman–Crippen LogP) is 2.52. The van der Waals surface area contributed by atoms with Crippen LogP contribution in [0.2, 0.25) is 5.02 Å². The van der Waals surface area contributed by atoms with Crippen molar-refractivity contribution in [3.63, 3.8) is 0 Å². The summed E-state index contributed by atoms with van der Waals surface area (Å²) in [6.45, 7) is 1.37. The summed E-state index contributed by atoms with van der Waals surface area (Å²) in [6, 6.07) is 14.7. The number of nitrogens with one attached hydrogen (secondary N) is 1. The molecule has 2 atom stereocenters. The van der Waals surface area contributed by atoms with Crippen molar-refractivity contribution >= 4 is 29.1 Å². The van der Waals surface area contributed by atoms with E-state index in [2.05, 4.69) is 5.32 Å². The third kappa shape index (κ3) is 2.27. The van der Waals surface area contributed by atoms with E-state index in [1.54, 1.807) is 18.2 Å². The molecular formula is C19H17ClN2O3. The van der Waals surface area contributed by atoms with Crippen molar-refractivity contribution in [2.45, 2.75) is 24.5 Å². The van der Waals surface area contributed by atoms with Crippen molar-refractivity contribution in [2.24, 2.45) is 0 Å². The van der Waals surface area contributed by atoms with Gasteiger partial charge < -0.3 is 15.3 Å². The van der Waals surface area contributed by atoms with Gasteiger partial charge in [0.05, 0.1) is 5.54 Å². The molecule has 6 heteroatoms. The minimum Gasteiger partial charge on any atom is -0.380 e. The lowest BCUT2D eigenvalue weighted by atomic mass is 9.77. The van der Waals surface area contributed by atoms with E-state index in [-0.39, 0.29) is 18.9 Å². The third-order valence-corrected chi connectivity index (χ3v) is 5.26. The van der Waals surface area contributed by atoms with E-state index in [1.165, 1.54) is 11.8 Å². The van der Waals surface area contributed by atoms with E-state index in [1.807, 2.05) is 30.3 Å². The van der Waals surface area contributed by atoms with E-state index in [9.17, 15) is 14.7 Å². The monoisotopic (exact) mass is 356 g/mol. The van der Waals surface area contributed by atoms with E-state index in [0.29, 0.717) is 16.3 Å². The van der Waals surface area contributed by atoms with Crippen LogP contribution in [0.5, 0.6) is 0 Å². The molecule has 2 N–H and O–H groups in total. The van der Waals surface area contributed by atoms with Gasteiger partial charge in [-0.1, -0.05) is 41.9 Å². The van der Waals surface area contributed by atoms with E-state index in [4.69, 9.17) is 11.6 Å². The zero-order valence-corrected chi connectivity index (χ0v) is 14.4. The Labute approximate surface area is 150 Å². The normalized spacial score (nSPS) is 28.2. The van der Waals surface area contributed by atoms with Crippen LogP contribution in [0, 0.1) is 0 Å². The summed E-state index contributed by atoms with van der Waals surface area (Å²) in [5.74, 6) is -0.758. The average molecular weight is 357 g/mol. The minimum atomic E-state index is -1.56. The number of amides is 2. The second-order valence-electron chi connectivity index (χ2n) is 6.81. The summed E-state index contributed by atoms with van der Waals surface area (Å²) in [5.41, 5.74) is -0.371. The summed E-state index contributed by atoms with van der Waals surface area (Å²) in [7, 11) is 0. The van der Waals surface area contributed by atoms with Gasteiger partial charge in [0, 0.05) is 22.7 Å². The highest BCUT2D eigenvalue weighted by molar-refractivity contribution is 6.30. The lowest BCUT2D eigenvalue weighted by Crippen LogP contribution is -2.46. The quantitative estimate of drug-likeness (QED) is 0.825. The maximum absolute atomic E-state index is 12.9. The Morgan fingerprint density at radius 2 is 1.88 bits per heavy atom. The molecule has 0 saturated carbocycles. The lowest BCUT2D eigenvalue weighted by molar-refractivity contribution is -0.144. The van der Waals surface area contributed by atoms with Gasteiger partial charge in [-0.3, -0.25) is 9.59 Å². The van der Waals surface area contributed by atoms with E-state index in [0.717, 1.165) is 5.56 Å². The number of aliphatic hydroxyl groups is 1. The minimum absolute atomic E-state index is 0.129. The number of rotatable bonds is 1. The van der Waals surface area contributed by atoms with Crippen molar-refractivity contribution in [1.29, 1.82) is 0 Å². The highest BCUT2D eigenvalue weighted by Crippen LogP contribution is 2.52. The van der Waals surface area contributed by atoms with Crippen LogP contribution in [0.4, 0.5) is 5.69 Å². The van der Waals surface area contributed by atoms with Crippen LogP contribution >= 0.6 is 11.6 Å². The summed E-state index contributed by atoms with van der Waals surface area (Å²) in [4.78, 5) is 26.8. The average Bonchev–Trinajstić information content (AvgIpc) is 2.71. The maximum Gasteiger partial charge on any atom is 0.255 e. The summed E-state index contributed by atoms with van der Waals surface area (Å²) in [5, 5.41) is 14.1. The Hall–Kier alpha value is -2.37. The highest BCUT2D eigenvalue weighted by atomic mass is 35.5. The first kappa shape index (κ1) is 16.1. The van der Waals surface area contributed by atoms with Crippen LogP contribution in [-0.4, -0.2) is 34.0 Å². The fraction of sp³-hybridized carbons (Fsp3) is 0.263. The van der Waals surface area contributed by atoms with Gasteiger partial charge in [0.2, 0.25) is 5.91 Å². The second kappa shape index (κ2) is 5.31. The Balaban J connectivity index is 2.08. The largest absolute Gasteiger partial charge is 0.380 e. The van der Waals surface area contributed by atoms with Gasteiger partial charge in [-0.15, -0.1) is 0 Å². The van der Waals surface area contributed by atoms with E-state index >= 15 is 0 Å². The van der Waals surface area contributed by atoms with Gasteiger partial charge >= 0.3 is 0 Å². The van der Waals surface area contributed by atoms with Crippen molar-refractivity contribution in [1.82, 2.24) is 4.90 Å². The molecule has 1 saturated heterocycles. The topological polar surface area (TPSA) is 69.6 Å². The number of fused-ring (bicyclic) bond motifs is 3. The SMILES string of the molecule is C[C@@]1(O)C[C@]2(c3ccccc3)c3cc(Cl)ccc3NC(=O)CN2C1=O. The molecule has 0 aromatic heterocycles. The number of anilines is 1. The van der Waals surface area contributed by atoms with Crippen molar-refractivity contribution in [3.8, 4) is 0 Å². The van der Waals surface area contributed by atoms with Crippen molar-refractivity contribution in [3.05, 3.63) is 64.7 Å². The van der Waals surface area contributed by atoms with Crippen molar-refractivity contribution in [2.75, 3.05) is 11.9 Å². The van der Waals surface area contributed by atoms with Crippen LogP contribution < -0.4 is 5.32 Å². The summed E-state index contributed by atoms with van der Waals surface area (Å²) < 4.78 is 0. The van der Waals surface area contributed by atoms with Gasteiger partial charge in [-0.2, -0.15) is 0 Å². The van der Waals surface area contributed by atoms with Gasteiger partial charge in [0.1, 0.15) is 12.1 Å². The number of carbonyl (C=O) groups excluding carboxylic acids is 2. The number of nitrogens with zero attached hydrogens (tertiary/aromatic N) is 1. The first-order chi connectivity index (χ1) is 11.8. The van der Waals surface area contributed by atoms with Gasteiger partial charge in [0.25, 0.3) is 5.91 Å². The standard InChI is InChI=1S/C19H17ClN2O3/c1-18(25)11-19(12-5-3-2-4-6-12)14-9-13(20)7-8-15(14)21-16(23)10-22(19)17(18)24/h2-9,25H,10-11H2,1H3,(H,21,23)/t18-,19+/m1/s1. The molecule has 2 heterocycles. The van der Waals surface area contributed by atoms with Crippen LogP contribution in [-0.2, 0) is 15.1 Å². The Morgan fingerprint density at radius 1 is 1.16 bits per heavy atom. The Morgan fingerprint density at radius 3 is 2.60 bits per heavy atom. The number of benzene rings is 2. The number of carbonyl (C=O) groups is 2. The highest BCUT2D eigenvalue weighted by Gasteiger charge is 2.60. The molecule has 0 unspecified atom stereocenters. The second-order valence-corrected chi connectivity index (χ2v) is 7.24. The fourth-order valence-corrected chi connectivity index (χ4v) is 4.18. The predicted molar refractivity (Wildman–Crippen MR) is 94.3 cm³/mol. The number of hydrogen-bond donors (Lipinski definition) is 2. The molecule has 25 heavy (non-hydrogen) atoms. The third-order valence-electron chi connectivity index (χ3n) is 5.02. The molecule has 0 radical (unpaired) electrons. The zero-order chi connectivity index (χ0) is 17.8. The van der Waals surface area contributed by atoms with Crippen LogP contribution in [0.25, 0.3) is 0 Å².